The molecule has 7 nitrogen and oxygen atoms in total. The van der Waals surface area contributed by atoms with Crippen LogP contribution in [0.5, 0.6) is 5.75 Å². The van der Waals surface area contributed by atoms with E-state index in [1.807, 2.05) is 38.1 Å². The SMILES string of the molecule is CCOc1ccc(-c2nc(NC(=O)C3CCN(S(=O)(=O)c4ccc(Cl)s4)CC3)sc2C)cc1. The van der Waals surface area contributed by atoms with Gasteiger partial charge in [0.15, 0.2) is 5.13 Å². The third kappa shape index (κ3) is 5.41. The van der Waals surface area contributed by atoms with Crippen molar-refractivity contribution < 1.29 is 17.9 Å². The molecular weight excluding hydrogens is 502 g/mol. The molecule has 0 atom stereocenters. The Morgan fingerprint density at radius 2 is 1.88 bits per heavy atom. The first-order chi connectivity index (χ1) is 15.8. The Bertz CT molecular complexity index is 1230. The monoisotopic (exact) mass is 525 g/mol. The van der Waals surface area contributed by atoms with Crippen LogP contribution in [0.15, 0.2) is 40.6 Å². The second-order valence-electron chi connectivity index (χ2n) is 7.61. The fraction of sp³-hybridized carbons (Fsp3) is 0.364. The van der Waals surface area contributed by atoms with Crippen molar-refractivity contribution in [1.29, 1.82) is 0 Å². The first-order valence-corrected chi connectivity index (χ1v) is 14.0. The zero-order valence-corrected chi connectivity index (χ0v) is 21.4. The third-order valence-corrected chi connectivity index (χ3v) is 9.92. The van der Waals surface area contributed by atoms with Crippen LogP contribution >= 0.6 is 34.3 Å². The second-order valence-corrected chi connectivity index (χ2v) is 12.7. The summed E-state index contributed by atoms with van der Waals surface area (Å²) in [6, 6.07) is 10.8. The molecule has 0 unspecified atom stereocenters. The highest BCUT2D eigenvalue weighted by molar-refractivity contribution is 7.91. The van der Waals surface area contributed by atoms with Crippen molar-refractivity contribution in [2.24, 2.45) is 5.92 Å². The van der Waals surface area contributed by atoms with Gasteiger partial charge in [-0.15, -0.1) is 22.7 Å². The van der Waals surface area contributed by atoms with E-state index in [0.29, 0.717) is 42.0 Å². The normalized spacial score (nSPS) is 15.5. The predicted octanol–water partition coefficient (Wildman–Crippen LogP) is 5.27. The average molecular weight is 526 g/mol. The number of halogens is 1. The molecule has 1 aromatic carbocycles. The Morgan fingerprint density at radius 1 is 1.18 bits per heavy atom. The van der Waals surface area contributed by atoms with E-state index >= 15 is 0 Å². The zero-order chi connectivity index (χ0) is 23.6. The van der Waals surface area contributed by atoms with Crippen molar-refractivity contribution in [3.8, 4) is 17.0 Å². The molecule has 0 saturated carbocycles. The topological polar surface area (TPSA) is 88.6 Å². The summed E-state index contributed by atoms with van der Waals surface area (Å²) in [6.07, 6.45) is 0.917. The fourth-order valence-electron chi connectivity index (χ4n) is 3.72. The number of nitrogens with zero attached hydrogens (tertiary/aromatic N) is 2. The number of hydrogen-bond acceptors (Lipinski definition) is 7. The van der Waals surface area contributed by atoms with E-state index < -0.39 is 10.0 Å². The van der Waals surface area contributed by atoms with Crippen molar-refractivity contribution in [3.63, 3.8) is 0 Å². The van der Waals surface area contributed by atoms with E-state index in [1.54, 1.807) is 6.07 Å². The number of aromatic nitrogens is 1. The lowest BCUT2D eigenvalue weighted by molar-refractivity contribution is -0.120. The number of thiazole rings is 1. The highest BCUT2D eigenvalue weighted by Gasteiger charge is 2.33. The molecule has 1 N–H and O–H groups in total. The Hall–Kier alpha value is -1.98. The number of nitrogens with one attached hydrogen (secondary N) is 1. The lowest BCUT2D eigenvalue weighted by Gasteiger charge is -2.29. The standard InChI is InChI=1S/C22H24ClN3O4S3/c1-3-30-17-6-4-15(5-7-17)20-14(2)31-22(24-20)25-21(27)16-10-12-26(13-11-16)33(28,29)19-9-8-18(23)32-19/h4-9,16H,3,10-13H2,1-2H3,(H,24,25,27). The van der Waals surface area contributed by atoms with Crippen LogP contribution in [0, 0.1) is 12.8 Å². The van der Waals surface area contributed by atoms with Gasteiger partial charge >= 0.3 is 0 Å². The Kier molecular flexibility index (Phi) is 7.40. The summed E-state index contributed by atoms with van der Waals surface area (Å²) in [7, 11) is -3.57. The second kappa shape index (κ2) is 10.1. The maximum Gasteiger partial charge on any atom is 0.252 e. The molecule has 3 aromatic rings. The number of carbonyl (C=O) groups is 1. The Balaban J connectivity index is 1.37. The van der Waals surface area contributed by atoms with Crippen LogP contribution in [-0.2, 0) is 14.8 Å². The summed E-state index contributed by atoms with van der Waals surface area (Å²) in [5.74, 6) is 0.415. The van der Waals surface area contributed by atoms with Gasteiger partial charge in [-0.05, 0) is 63.1 Å². The molecule has 0 radical (unpaired) electrons. The van der Waals surface area contributed by atoms with Gasteiger partial charge < -0.3 is 10.1 Å². The minimum Gasteiger partial charge on any atom is -0.494 e. The lowest BCUT2D eigenvalue weighted by atomic mass is 9.97. The number of amides is 1. The van der Waals surface area contributed by atoms with Gasteiger partial charge in [-0.25, -0.2) is 13.4 Å². The first-order valence-electron chi connectivity index (χ1n) is 10.5. The minimum absolute atomic E-state index is 0.127. The van der Waals surface area contributed by atoms with Crippen molar-refractivity contribution >= 4 is 55.3 Å². The average Bonchev–Trinajstić information content (AvgIpc) is 3.40. The highest BCUT2D eigenvalue weighted by atomic mass is 35.5. The molecule has 33 heavy (non-hydrogen) atoms. The molecule has 1 amide bonds. The van der Waals surface area contributed by atoms with Crippen LogP contribution in [0.1, 0.15) is 24.6 Å². The van der Waals surface area contributed by atoms with E-state index in [4.69, 9.17) is 16.3 Å². The Labute approximate surface area is 206 Å². The number of benzene rings is 1. The van der Waals surface area contributed by atoms with Gasteiger partial charge in [0.25, 0.3) is 10.0 Å². The van der Waals surface area contributed by atoms with Crippen LogP contribution in [-0.4, -0.2) is 43.3 Å². The van der Waals surface area contributed by atoms with Crippen LogP contribution in [0.25, 0.3) is 11.3 Å². The molecule has 3 heterocycles. The molecule has 0 spiro atoms. The first kappa shape index (κ1) is 24.2. The molecule has 176 valence electrons. The summed E-state index contributed by atoms with van der Waals surface area (Å²) < 4.78 is 33.1. The largest absolute Gasteiger partial charge is 0.494 e. The number of thiophene rings is 1. The highest BCUT2D eigenvalue weighted by Crippen LogP contribution is 2.33. The quantitative estimate of drug-likeness (QED) is 0.454. The van der Waals surface area contributed by atoms with E-state index in [1.165, 1.54) is 21.7 Å². The summed E-state index contributed by atoms with van der Waals surface area (Å²) >= 11 is 8.36. The summed E-state index contributed by atoms with van der Waals surface area (Å²) in [4.78, 5) is 18.4. The molecule has 2 aromatic heterocycles. The summed E-state index contributed by atoms with van der Waals surface area (Å²) in [6.45, 7) is 5.11. The van der Waals surface area contributed by atoms with Crippen molar-refractivity contribution in [1.82, 2.24) is 9.29 Å². The number of rotatable bonds is 7. The number of carbonyl (C=O) groups excluding carboxylic acids is 1. The van der Waals surface area contributed by atoms with Crippen molar-refractivity contribution in [3.05, 3.63) is 45.6 Å². The smallest absolute Gasteiger partial charge is 0.252 e. The maximum absolute atomic E-state index is 12.8. The number of anilines is 1. The summed E-state index contributed by atoms with van der Waals surface area (Å²) in [5.41, 5.74) is 1.79. The van der Waals surface area contributed by atoms with Gasteiger partial charge in [0.2, 0.25) is 5.91 Å². The lowest BCUT2D eigenvalue weighted by Crippen LogP contribution is -2.41. The number of piperidine rings is 1. The van der Waals surface area contributed by atoms with Gasteiger partial charge in [0, 0.05) is 29.4 Å². The molecule has 11 heteroatoms. The van der Waals surface area contributed by atoms with Crippen LogP contribution in [0.3, 0.4) is 0 Å². The third-order valence-electron chi connectivity index (χ3n) is 5.43. The molecule has 1 fully saturated rings. The van der Waals surface area contributed by atoms with E-state index in [-0.39, 0.29) is 16.0 Å². The van der Waals surface area contributed by atoms with Crippen molar-refractivity contribution in [2.45, 2.75) is 30.9 Å². The van der Waals surface area contributed by atoms with E-state index in [9.17, 15) is 13.2 Å². The molecule has 1 aliphatic heterocycles. The fourth-order valence-corrected chi connectivity index (χ4v) is 7.67. The maximum atomic E-state index is 12.8. The molecule has 1 aliphatic rings. The summed E-state index contributed by atoms with van der Waals surface area (Å²) in [5, 5.41) is 3.47. The van der Waals surface area contributed by atoms with Gasteiger partial charge in [-0.3, -0.25) is 4.79 Å². The molecule has 4 rings (SSSR count). The van der Waals surface area contributed by atoms with Gasteiger partial charge in [-0.2, -0.15) is 4.31 Å². The van der Waals surface area contributed by atoms with E-state index in [0.717, 1.165) is 33.2 Å². The number of hydrogen-bond donors (Lipinski definition) is 1. The van der Waals surface area contributed by atoms with Gasteiger partial charge in [-0.1, -0.05) is 11.6 Å². The minimum atomic E-state index is -3.57. The number of ether oxygens (including phenoxy) is 1. The van der Waals surface area contributed by atoms with Gasteiger partial charge in [0.05, 0.1) is 16.6 Å². The predicted molar refractivity (Wildman–Crippen MR) is 133 cm³/mol. The number of aryl methyl sites for hydroxylation is 1. The molecule has 0 aliphatic carbocycles. The van der Waals surface area contributed by atoms with E-state index in [2.05, 4.69) is 10.3 Å². The van der Waals surface area contributed by atoms with Crippen LogP contribution in [0.2, 0.25) is 4.34 Å². The van der Waals surface area contributed by atoms with Crippen LogP contribution in [0.4, 0.5) is 5.13 Å². The molecule has 1 saturated heterocycles. The zero-order valence-electron chi connectivity index (χ0n) is 18.2. The molecule has 0 bridgehead atoms. The van der Waals surface area contributed by atoms with Crippen LogP contribution < -0.4 is 10.1 Å². The number of sulfonamides is 1. The molecular formula is C22H24ClN3O4S3. The van der Waals surface area contributed by atoms with Crippen molar-refractivity contribution in [2.75, 3.05) is 25.0 Å². The Morgan fingerprint density at radius 3 is 2.48 bits per heavy atom. The van der Waals surface area contributed by atoms with Gasteiger partial charge in [0.1, 0.15) is 9.96 Å².